The fourth-order valence-corrected chi connectivity index (χ4v) is 4.52. The van der Waals surface area contributed by atoms with E-state index < -0.39 is 10.0 Å². The Labute approximate surface area is 136 Å². The predicted molar refractivity (Wildman–Crippen MR) is 86.3 cm³/mol. The van der Waals surface area contributed by atoms with Crippen molar-refractivity contribution >= 4 is 27.8 Å². The smallest absolute Gasteiger partial charge is 0.316 e. The Kier molecular flexibility index (Phi) is 6.83. The van der Waals surface area contributed by atoms with Crippen molar-refractivity contribution in [2.75, 3.05) is 12.9 Å². The van der Waals surface area contributed by atoms with E-state index in [1.165, 1.54) is 35.4 Å². The summed E-state index contributed by atoms with van der Waals surface area (Å²) in [4.78, 5) is 15.3. The van der Waals surface area contributed by atoms with Crippen molar-refractivity contribution in [3.8, 4) is 0 Å². The van der Waals surface area contributed by atoms with Gasteiger partial charge in [-0.05, 0) is 39.8 Å². The Balaban J connectivity index is 2.95. The van der Waals surface area contributed by atoms with Crippen LogP contribution in [0.15, 0.2) is 28.3 Å². The second-order valence-electron chi connectivity index (χ2n) is 5.22. The molecular formula is C14H22N2O4S2. The van der Waals surface area contributed by atoms with Gasteiger partial charge in [0.25, 0.3) is 0 Å². The molecule has 1 aromatic heterocycles. The molecule has 0 aliphatic heterocycles. The average molecular weight is 346 g/mol. The quantitative estimate of drug-likeness (QED) is 0.556. The standard InChI is InChI=1S/C14H22N2O4S2/c1-10(2)16(11(3)4)22(18,19)12-6-7-13(15-8-12)21-9-14(17)20-5/h6-8,10-11H,9H2,1-5H3. The molecule has 0 bridgehead atoms. The molecule has 0 fully saturated rings. The Morgan fingerprint density at radius 1 is 1.27 bits per heavy atom. The number of nitrogens with zero attached hydrogens (tertiary/aromatic N) is 2. The lowest BCUT2D eigenvalue weighted by Gasteiger charge is -2.29. The van der Waals surface area contributed by atoms with Crippen LogP contribution in [0.2, 0.25) is 0 Å². The van der Waals surface area contributed by atoms with Gasteiger partial charge in [-0.1, -0.05) is 11.8 Å². The zero-order chi connectivity index (χ0) is 16.9. The number of rotatable bonds is 7. The van der Waals surface area contributed by atoms with Gasteiger partial charge in [0.1, 0.15) is 4.90 Å². The highest BCUT2D eigenvalue weighted by molar-refractivity contribution is 7.99. The molecule has 0 saturated carbocycles. The zero-order valence-corrected chi connectivity index (χ0v) is 15.1. The number of carbonyl (C=O) groups is 1. The summed E-state index contributed by atoms with van der Waals surface area (Å²) in [5, 5.41) is 0.574. The van der Waals surface area contributed by atoms with E-state index in [2.05, 4.69) is 9.72 Å². The molecular weight excluding hydrogens is 324 g/mol. The molecule has 1 rings (SSSR count). The average Bonchev–Trinajstić information content (AvgIpc) is 2.43. The lowest BCUT2D eigenvalue weighted by Crippen LogP contribution is -2.41. The third-order valence-corrected chi connectivity index (χ3v) is 6.02. The van der Waals surface area contributed by atoms with Gasteiger partial charge < -0.3 is 4.74 Å². The van der Waals surface area contributed by atoms with Crippen molar-refractivity contribution in [1.82, 2.24) is 9.29 Å². The first-order valence-electron chi connectivity index (χ1n) is 6.89. The Morgan fingerprint density at radius 2 is 1.86 bits per heavy atom. The molecule has 0 unspecified atom stereocenters. The molecule has 22 heavy (non-hydrogen) atoms. The first-order valence-corrected chi connectivity index (χ1v) is 9.32. The van der Waals surface area contributed by atoms with Gasteiger partial charge in [0.2, 0.25) is 10.0 Å². The molecule has 0 atom stereocenters. The molecule has 1 aromatic rings. The summed E-state index contributed by atoms with van der Waals surface area (Å²) in [7, 11) is -2.26. The van der Waals surface area contributed by atoms with Gasteiger partial charge in [0.05, 0.1) is 17.9 Å². The number of esters is 1. The second-order valence-corrected chi connectivity index (χ2v) is 8.06. The van der Waals surface area contributed by atoms with E-state index in [1.54, 1.807) is 6.07 Å². The minimum Gasteiger partial charge on any atom is -0.468 e. The van der Waals surface area contributed by atoms with Crippen LogP contribution in [0, 0.1) is 0 Å². The molecule has 6 nitrogen and oxygen atoms in total. The van der Waals surface area contributed by atoms with E-state index in [1.807, 2.05) is 27.7 Å². The van der Waals surface area contributed by atoms with Crippen LogP contribution in [0.4, 0.5) is 0 Å². The monoisotopic (exact) mass is 346 g/mol. The number of sulfonamides is 1. The highest BCUT2D eigenvalue weighted by atomic mass is 32.2. The molecule has 1 heterocycles. The fraction of sp³-hybridized carbons (Fsp3) is 0.571. The third-order valence-electron chi connectivity index (χ3n) is 2.87. The summed E-state index contributed by atoms with van der Waals surface area (Å²) >= 11 is 1.20. The molecule has 0 radical (unpaired) electrons. The van der Waals surface area contributed by atoms with Crippen LogP contribution >= 0.6 is 11.8 Å². The van der Waals surface area contributed by atoms with Crippen molar-refractivity contribution in [1.29, 1.82) is 0 Å². The van der Waals surface area contributed by atoms with Crippen LogP contribution in [0.1, 0.15) is 27.7 Å². The SMILES string of the molecule is COC(=O)CSc1ccc(S(=O)(=O)N(C(C)C)C(C)C)cn1. The fourth-order valence-electron chi connectivity index (χ4n) is 2.07. The van der Waals surface area contributed by atoms with Crippen LogP contribution in [0.25, 0.3) is 0 Å². The maximum Gasteiger partial charge on any atom is 0.316 e. The van der Waals surface area contributed by atoms with Gasteiger partial charge in [0, 0.05) is 18.3 Å². The molecule has 0 spiro atoms. The van der Waals surface area contributed by atoms with E-state index in [9.17, 15) is 13.2 Å². The molecule has 0 saturated heterocycles. The van der Waals surface area contributed by atoms with E-state index in [-0.39, 0.29) is 28.7 Å². The highest BCUT2D eigenvalue weighted by Gasteiger charge is 2.29. The summed E-state index contributed by atoms with van der Waals surface area (Å²) in [6, 6.07) is 2.83. The molecule has 124 valence electrons. The third kappa shape index (κ3) is 4.69. The Morgan fingerprint density at radius 3 is 2.27 bits per heavy atom. The summed E-state index contributed by atoms with van der Waals surface area (Å²) in [5.74, 6) is -0.214. The van der Waals surface area contributed by atoms with E-state index in [0.717, 1.165) is 0 Å². The minimum absolute atomic E-state index is 0.139. The normalized spacial score (nSPS) is 12.2. The molecule has 0 amide bonds. The highest BCUT2D eigenvalue weighted by Crippen LogP contribution is 2.22. The number of aromatic nitrogens is 1. The number of ether oxygens (including phenoxy) is 1. The topological polar surface area (TPSA) is 76.6 Å². The predicted octanol–water partition coefficient (Wildman–Crippen LogP) is 2.15. The number of pyridine rings is 1. The molecule has 0 aliphatic carbocycles. The maximum atomic E-state index is 12.6. The molecule has 0 aromatic carbocycles. The Bertz CT molecular complexity index is 590. The van der Waals surface area contributed by atoms with Crippen LogP contribution in [0.5, 0.6) is 0 Å². The van der Waals surface area contributed by atoms with Gasteiger partial charge in [-0.15, -0.1) is 0 Å². The van der Waals surface area contributed by atoms with Crippen molar-refractivity contribution in [3.05, 3.63) is 18.3 Å². The first-order chi connectivity index (χ1) is 10.2. The van der Waals surface area contributed by atoms with Gasteiger partial charge in [-0.3, -0.25) is 4.79 Å². The van der Waals surface area contributed by atoms with Crippen LogP contribution in [-0.4, -0.2) is 48.6 Å². The van der Waals surface area contributed by atoms with Gasteiger partial charge >= 0.3 is 5.97 Å². The number of hydrogen-bond donors (Lipinski definition) is 0. The van der Waals surface area contributed by atoms with E-state index >= 15 is 0 Å². The van der Waals surface area contributed by atoms with Crippen LogP contribution < -0.4 is 0 Å². The van der Waals surface area contributed by atoms with E-state index in [0.29, 0.717) is 5.03 Å². The zero-order valence-electron chi connectivity index (χ0n) is 13.4. The maximum absolute atomic E-state index is 12.6. The van der Waals surface area contributed by atoms with E-state index in [4.69, 9.17) is 0 Å². The number of methoxy groups -OCH3 is 1. The minimum atomic E-state index is -3.58. The van der Waals surface area contributed by atoms with Crippen LogP contribution in [-0.2, 0) is 19.6 Å². The van der Waals surface area contributed by atoms with Crippen LogP contribution in [0.3, 0.4) is 0 Å². The van der Waals surface area contributed by atoms with Gasteiger partial charge in [0.15, 0.2) is 0 Å². The second kappa shape index (κ2) is 7.94. The summed E-state index contributed by atoms with van der Waals surface area (Å²) < 4.78 is 31.3. The molecule has 8 heteroatoms. The van der Waals surface area contributed by atoms with Gasteiger partial charge in [-0.2, -0.15) is 4.31 Å². The number of carbonyl (C=O) groups excluding carboxylic acids is 1. The summed E-state index contributed by atoms with van der Waals surface area (Å²) in [6.07, 6.45) is 1.33. The van der Waals surface area contributed by atoms with Crippen molar-refractivity contribution < 1.29 is 17.9 Å². The molecule has 0 N–H and O–H groups in total. The van der Waals surface area contributed by atoms with Crippen molar-refractivity contribution in [3.63, 3.8) is 0 Å². The molecule has 0 aliphatic rings. The number of thioether (sulfide) groups is 1. The first kappa shape index (κ1) is 18.9. The number of hydrogen-bond acceptors (Lipinski definition) is 6. The van der Waals surface area contributed by atoms with Crippen molar-refractivity contribution in [2.24, 2.45) is 0 Å². The Hall–Kier alpha value is -1.12. The summed E-state index contributed by atoms with van der Waals surface area (Å²) in [5.41, 5.74) is 0. The van der Waals surface area contributed by atoms with Crippen molar-refractivity contribution in [2.45, 2.75) is 49.7 Å². The largest absolute Gasteiger partial charge is 0.468 e. The lowest BCUT2D eigenvalue weighted by molar-refractivity contribution is -0.137. The summed E-state index contributed by atoms with van der Waals surface area (Å²) in [6.45, 7) is 7.36. The van der Waals surface area contributed by atoms with Gasteiger partial charge in [-0.25, -0.2) is 13.4 Å². The lowest BCUT2D eigenvalue weighted by atomic mass is 10.3.